The van der Waals surface area contributed by atoms with Crippen LogP contribution in [0.15, 0.2) is 48.5 Å². The zero-order chi connectivity index (χ0) is 29.3. The zero-order valence-electron chi connectivity index (χ0n) is 22.9. The number of piperidine rings is 2. The Hall–Kier alpha value is -3.07. The smallest absolute Gasteiger partial charge is 0.271 e. The van der Waals surface area contributed by atoms with Crippen molar-refractivity contribution in [2.75, 3.05) is 33.2 Å². The minimum absolute atomic E-state index is 0.0432. The molecule has 2 aliphatic rings. The zero-order valence-corrected chi connectivity index (χ0v) is 25.2. The monoisotopic (exact) mass is 615 g/mol. The van der Waals surface area contributed by atoms with Crippen molar-refractivity contribution in [2.24, 2.45) is 5.92 Å². The van der Waals surface area contributed by atoms with Gasteiger partial charge in [-0.3, -0.25) is 19.5 Å². The van der Waals surface area contributed by atoms with Gasteiger partial charge in [0.1, 0.15) is 5.69 Å². The van der Waals surface area contributed by atoms with E-state index in [1.54, 1.807) is 48.0 Å². The minimum atomic E-state index is -0.191. The first-order valence-electron chi connectivity index (χ1n) is 13.7. The highest BCUT2D eigenvalue weighted by Crippen LogP contribution is 2.36. The van der Waals surface area contributed by atoms with E-state index in [9.17, 15) is 14.4 Å². The molecule has 2 atom stereocenters. The Morgan fingerprint density at radius 1 is 0.902 bits per heavy atom. The number of amides is 3. The molecule has 2 aliphatic heterocycles. The number of benzene rings is 2. The molecule has 2 fully saturated rings. The van der Waals surface area contributed by atoms with Gasteiger partial charge in [-0.15, -0.1) is 0 Å². The molecule has 216 valence electrons. The van der Waals surface area contributed by atoms with E-state index >= 15 is 0 Å². The molecule has 41 heavy (non-hydrogen) atoms. The first-order valence-corrected chi connectivity index (χ1v) is 14.8. The molecule has 5 rings (SSSR count). The summed E-state index contributed by atoms with van der Waals surface area (Å²) in [4.78, 5) is 44.4. The fourth-order valence-corrected chi connectivity index (χ4v) is 6.35. The van der Waals surface area contributed by atoms with Crippen LogP contribution in [0.4, 0.5) is 0 Å². The molecule has 8 nitrogen and oxygen atoms in total. The molecule has 3 aromatic rings. The number of hydrogen-bond donors (Lipinski definition) is 1. The van der Waals surface area contributed by atoms with E-state index in [-0.39, 0.29) is 35.6 Å². The van der Waals surface area contributed by atoms with Gasteiger partial charge in [0.25, 0.3) is 5.91 Å². The molecule has 3 heterocycles. The number of nitrogens with one attached hydrogen (secondary N) is 1. The number of aromatic nitrogens is 2. The fourth-order valence-electron chi connectivity index (χ4n) is 5.91. The summed E-state index contributed by atoms with van der Waals surface area (Å²) in [6, 6.07) is 14.3. The number of likely N-dealkylation sites (tertiary alicyclic amines) is 2. The average molecular weight is 617 g/mol. The number of hydrogen-bond acceptors (Lipinski definition) is 4. The number of H-pyrrole nitrogens is 1. The summed E-state index contributed by atoms with van der Waals surface area (Å²) in [5.41, 5.74) is 2.79. The van der Waals surface area contributed by atoms with Gasteiger partial charge in [-0.1, -0.05) is 53.0 Å². The van der Waals surface area contributed by atoms with Crippen LogP contribution >= 0.6 is 34.8 Å². The summed E-state index contributed by atoms with van der Waals surface area (Å²) in [6.45, 7) is 3.74. The molecule has 0 spiro atoms. The van der Waals surface area contributed by atoms with Crippen LogP contribution in [0.1, 0.15) is 48.2 Å². The predicted molar refractivity (Wildman–Crippen MR) is 160 cm³/mol. The van der Waals surface area contributed by atoms with Gasteiger partial charge in [-0.05, 0) is 55.2 Å². The first-order chi connectivity index (χ1) is 19.6. The van der Waals surface area contributed by atoms with Crippen molar-refractivity contribution in [2.45, 2.75) is 38.1 Å². The number of carbonyl (C=O) groups excluding carboxylic acids is 3. The highest BCUT2D eigenvalue weighted by molar-refractivity contribution is 6.42. The van der Waals surface area contributed by atoms with Gasteiger partial charge in [-0.25, -0.2) is 0 Å². The Morgan fingerprint density at radius 3 is 2.24 bits per heavy atom. The normalized spacial score (nSPS) is 19.7. The number of nitrogens with zero attached hydrogens (tertiary/aromatic N) is 4. The number of likely N-dealkylation sites (N-methyl/N-ethyl adjacent to an activating group) is 1. The van der Waals surface area contributed by atoms with Crippen LogP contribution in [0.5, 0.6) is 0 Å². The molecule has 0 radical (unpaired) electrons. The lowest BCUT2D eigenvalue weighted by molar-refractivity contribution is -0.141. The maximum Gasteiger partial charge on any atom is 0.271 e. The summed E-state index contributed by atoms with van der Waals surface area (Å²) >= 11 is 18.6. The Morgan fingerprint density at radius 2 is 1.59 bits per heavy atom. The molecular formula is C30H32Cl3N5O3. The quantitative estimate of drug-likeness (QED) is 0.395. The molecule has 0 aliphatic carbocycles. The van der Waals surface area contributed by atoms with Crippen molar-refractivity contribution in [3.63, 3.8) is 0 Å². The predicted octanol–water partition coefficient (Wildman–Crippen LogP) is 5.75. The standard InChI is InChI=1S/C30H32Cl3N5O3/c1-18(39)37-12-9-20(10-13-37)29(40)38-14-11-28(23(17-38)21-5-8-24(32)25(33)15-21)36(2)30(41)27-16-26(34-35-27)19-3-6-22(31)7-4-19/h3-8,15-16,20,23,28H,9-14,17H2,1-2H3,(H,34,35)/t23-,28+/m0/s1. The Kier molecular flexibility index (Phi) is 8.92. The first kappa shape index (κ1) is 29.4. The van der Waals surface area contributed by atoms with Crippen molar-refractivity contribution in [1.82, 2.24) is 24.9 Å². The van der Waals surface area contributed by atoms with E-state index in [0.29, 0.717) is 71.9 Å². The van der Waals surface area contributed by atoms with E-state index in [0.717, 1.165) is 11.1 Å². The molecule has 3 amide bonds. The van der Waals surface area contributed by atoms with Crippen LogP contribution in [0, 0.1) is 5.92 Å². The number of rotatable bonds is 5. The summed E-state index contributed by atoms with van der Waals surface area (Å²) in [7, 11) is 1.79. The van der Waals surface area contributed by atoms with Gasteiger partial charge >= 0.3 is 0 Å². The molecule has 0 saturated carbocycles. The number of aromatic amines is 1. The van der Waals surface area contributed by atoms with Gasteiger partial charge < -0.3 is 14.7 Å². The summed E-state index contributed by atoms with van der Waals surface area (Å²) < 4.78 is 0. The Bertz CT molecular complexity index is 1440. The van der Waals surface area contributed by atoms with Crippen molar-refractivity contribution >= 4 is 52.5 Å². The summed E-state index contributed by atoms with van der Waals surface area (Å²) in [5.74, 6) is -0.336. The van der Waals surface area contributed by atoms with Gasteiger partial charge in [0, 0.05) is 68.6 Å². The van der Waals surface area contributed by atoms with Crippen LogP contribution < -0.4 is 0 Å². The Labute approximate surface area is 254 Å². The third kappa shape index (κ3) is 6.40. The van der Waals surface area contributed by atoms with Gasteiger partial charge in [0.05, 0.1) is 15.7 Å². The molecule has 2 saturated heterocycles. The number of carbonyl (C=O) groups is 3. The molecule has 1 N–H and O–H groups in total. The van der Waals surface area contributed by atoms with Crippen molar-refractivity contribution in [3.05, 3.63) is 74.9 Å². The van der Waals surface area contributed by atoms with Gasteiger partial charge in [0.2, 0.25) is 11.8 Å². The Balaban J connectivity index is 1.35. The average Bonchev–Trinajstić information content (AvgIpc) is 3.48. The third-order valence-electron chi connectivity index (χ3n) is 8.32. The van der Waals surface area contributed by atoms with E-state index in [1.165, 1.54) is 0 Å². The highest BCUT2D eigenvalue weighted by atomic mass is 35.5. The van der Waals surface area contributed by atoms with Crippen LogP contribution in [-0.2, 0) is 9.59 Å². The van der Waals surface area contributed by atoms with Crippen LogP contribution in [0.25, 0.3) is 11.3 Å². The summed E-state index contributed by atoms with van der Waals surface area (Å²) in [6.07, 6.45) is 1.91. The molecule has 2 aromatic carbocycles. The largest absolute Gasteiger partial charge is 0.343 e. The van der Waals surface area contributed by atoms with Gasteiger partial charge in [-0.2, -0.15) is 5.10 Å². The second-order valence-corrected chi connectivity index (χ2v) is 12.0. The minimum Gasteiger partial charge on any atom is -0.343 e. The van der Waals surface area contributed by atoms with Crippen LogP contribution in [0.3, 0.4) is 0 Å². The highest BCUT2D eigenvalue weighted by Gasteiger charge is 2.39. The van der Waals surface area contributed by atoms with E-state index in [2.05, 4.69) is 10.2 Å². The molecule has 0 unspecified atom stereocenters. The second kappa shape index (κ2) is 12.4. The fraction of sp³-hybridized carbons (Fsp3) is 0.400. The lowest BCUT2D eigenvalue weighted by atomic mass is 9.84. The second-order valence-electron chi connectivity index (χ2n) is 10.8. The van der Waals surface area contributed by atoms with E-state index in [1.807, 2.05) is 29.2 Å². The molecule has 0 bridgehead atoms. The van der Waals surface area contributed by atoms with E-state index < -0.39 is 0 Å². The van der Waals surface area contributed by atoms with Crippen LogP contribution in [-0.4, -0.2) is 81.9 Å². The van der Waals surface area contributed by atoms with Crippen molar-refractivity contribution in [1.29, 1.82) is 0 Å². The lowest BCUT2D eigenvalue weighted by Crippen LogP contribution is -2.53. The van der Waals surface area contributed by atoms with Crippen molar-refractivity contribution < 1.29 is 14.4 Å². The van der Waals surface area contributed by atoms with Gasteiger partial charge in [0.15, 0.2) is 0 Å². The lowest BCUT2D eigenvalue weighted by Gasteiger charge is -2.44. The van der Waals surface area contributed by atoms with E-state index in [4.69, 9.17) is 34.8 Å². The maximum absolute atomic E-state index is 13.7. The molecular weight excluding hydrogens is 585 g/mol. The molecule has 1 aromatic heterocycles. The maximum atomic E-state index is 13.7. The molecule has 11 heteroatoms. The number of halogens is 3. The third-order valence-corrected chi connectivity index (χ3v) is 9.31. The van der Waals surface area contributed by atoms with Crippen LogP contribution in [0.2, 0.25) is 15.1 Å². The SMILES string of the molecule is CC(=O)N1CCC(C(=O)N2CC[C@@H](N(C)C(=O)c3cc(-c4ccc(Cl)cc4)n[nH]3)[C@H](c3ccc(Cl)c(Cl)c3)C2)CC1. The summed E-state index contributed by atoms with van der Waals surface area (Å²) in [5, 5.41) is 8.73. The van der Waals surface area contributed by atoms with Crippen molar-refractivity contribution in [3.8, 4) is 11.3 Å². The topological polar surface area (TPSA) is 89.6 Å².